The fraction of sp³-hybridized carbons (Fsp3) is 0.250. The monoisotopic (exact) mass is 414 g/mol. The molecule has 0 atom stereocenters. The largest absolute Gasteiger partial charge is 0.493 e. The molecule has 8 nitrogen and oxygen atoms in total. The van der Waals surface area contributed by atoms with E-state index in [0.717, 1.165) is 11.3 Å². The van der Waals surface area contributed by atoms with Crippen LogP contribution in [0.2, 0.25) is 0 Å². The Kier molecular flexibility index (Phi) is 6.96. The summed E-state index contributed by atoms with van der Waals surface area (Å²) in [6, 6.07) is 13.2. The second-order valence-electron chi connectivity index (χ2n) is 5.72. The van der Waals surface area contributed by atoms with E-state index in [9.17, 15) is 0 Å². The van der Waals surface area contributed by atoms with E-state index in [1.165, 1.54) is 11.8 Å². The van der Waals surface area contributed by atoms with Gasteiger partial charge in [0.1, 0.15) is 12.4 Å². The summed E-state index contributed by atoms with van der Waals surface area (Å²) in [5.41, 5.74) is 0.773. The maximum atomic E-state index is 5.78. The molecule has 0 bridgehead atoms. The SMILES string of the molecule is COc1cc(/C=N\n2c(COc3ccccc3)nnc2SC)cc(OC)c1OC. The molecule has 9 heteroatoms. The highest BCUT2D eigenvalue weighted by Gasteiger charge is 2.14. The molecule has 0 unspecified atom stereocenters. The highest BCUT2D eigenvalue weighted by molar-refractivity contribution is 7.98. The average molecular weight is 414 g/mol. The Morgan fingerprint density at radius 3 is 2.28 bits per heavy atom. The van der Waals surface area contributed by atoms with Gasteiger partial charge in [0.05, 0.1) is 27.5 Å². The number of benzene rings is 2. The van der Waals surface area contributed by atoms with Crippen LogP contribution in [0, 0.1) is 0 Å². The lowest BCUT2D eigenvalue weighted by Crippen LogP contribution is -2.05. The van der Waals surface area contributed by atoms with Crippen LogP contribution in [-0.2, 0) is 6.61 Å². The number of methoxy groups -OCH3 is 3. The second-order valence-corrected chi connectivity index (χ2v) is 6.49. The van der Waals surface area contributed by atoms with Crippen molar-refractivity contribution in [2.24, 2.45) is 5.10 Å². The lowest BCUT2D eigenvalue weighted by Gasteiger charge is -2.12. The van der Waals surface area contributed by atoms with Crippen LogP contribution in [0.15, 0.2) is 52.7 Å². The molecule has 0 aliphatic carbocycles. The number of para-hydroxylation sites is 1. The van der Waals surface area contributed by atoms with Crippen molar-refractivity contribution in [1.82, 2.24) is 14.9 Å². The molecule has 1 heterocycles. The third-order valence-electron chi connectivity index (χ3n) is 3.98. The van der Waals surface area contributed by atoms with Gasteiger partial charge in [0, 0.05) is 5.56 Å². The Bertz CT molecular complexity index is 951. The zero-order chi connectivity index (χ0) is 20.6. The number of ether oxygens (including phenoxy) is 4. The lowest BCUT2D eigenvalue weighted by molar-refractivity contribution is 0.290. The van der Waals surface area contributed by atoms with Gasteiger partial charge >= 0.3 is 0 Å². The van der Waals surface area contributed by atoms with E-state index < -0.39 is 0 Å². The first-order valence-corrected chi connectivity index (χ1v) is 9.93. The van der Waals surface area contributed by atoms with E-state index in [0.29, 0.717) is 28.2 Å². The molecule has 0 N–H and O–H groups in total. The van der Waals surface area contributed by atoms with E-state index in [1.54, 1.807) is 32.2 Å². The first kappa shape index (κ1) is 20.5. The average Bonchev–Trinajstić information content (AvgIpc) is 3.17. The summed E-state index contributed by atoms with van der Waals surface area (Å²) < 4.78 is 23.6. The Hall–Kier alpha value is -3.20. The second kappa shape index (κ2) is 9.83. The normalized spacial score (nSPS) is 10.9. The molecule has 3 rings (SSSR count). The number of hydrogen-bond acceptors (Lipinski definition) is 8. The van der Waals surface area contributed by atoms with Crippen LogP contribution in [0.4, 0.5) is 0 Å². The van der Waals surface area contributed by atoms with Gasteiger partial charge in [-0.25, -0.2) is 0 Å². The van der Waals surface area contributed by atoms with Gasteiger partial charge in [-0.15, -0.1) is 10.2 Å². The van der Waals surface area contributed by atoms with Crippen LogP contribution in [0.25, 0.3) is 0 Å². The predicted octanol–water partition coefficient (Wildman–Crippen LogP) is 3.49. The van der Waals surface area contributed by atoms with Crippen LogP contribution < -0.4 is 18.9 Å². The summed E-state index contributed by atoms with van der Waals surface area (Å²) in [7, 11) is 4.71. The summed E-state index contributed by atoms with van der Waals surface area (Å²) in [5, 5.41) is 13.6. The first-order valence-electron chi connectivity index (χ1n) is 8.70. The fourth-order valence-electron chi connectivity index (χ4n) is 2.59. The van der Waals surface area contributed by atoms with Crippen molar-refractivity contribution in [3.8, 4) is 23.0 Å². The topological polar surface area (TPSA) is 80.0 Å². The zero-order valence-electron chi connectivity index (χ0n) is 16.7. The minimum Gasteiger partial charge on any atom is -0.493 e. The van der Waals surface area contributed by atoms with E-state index in [4.69, 9.17) is 18.9 Å². The highest BCUT2D eigenvalue weighted by Crippen LogP contribution is 2.37. The van der Waals surface area contributed by atoms with Gasteiger partial charge in [-0.3, -0.25) is 0 Å². The minimum absolute atomic E-state index is 0.240. The number of hydrogen-bond donors (Lipinski definition) is 0. The molecule has 1 aromatic heterocycles. The third-order valence-corrected chi connectivity index (χ3v) is 4.60. The lowest BCUT2D eigenvalue weighted by atomic mass is 10.2. The Morgan fingerprint density at radius 2 is 1.69 bits per heavy atom. The van der Waals surface area contributed by atoms with Crippen LogP contribution in [-0.4, -0.2) is 48.7 Å². The standard InChI is InChI=1S/C20H22N4O4S/c1-25-16-10-14(11-17(26-2)19(16)27-3)12-21-24-18(22-23-20(24)29-4)13-28-15-8-6-5-7-9-15/h5-12H,13H2,1-4H3/b21-12-. The summed E-state index contributed by atoms with van der Waals surface area (Å²) in [5.74, 6) is 2.96. The van der Waals surface area contributed by atoms with Crippen molar-refractivity contribution in [2.45, 2.75) is 11.8 Å². The van der Waals surface area contributed by atoms with Crippen molar-refractivity contribution in [2.75, 3.05) is 27.6 Å². The molecule has 0 spiro atoms. The van der Waals surface area contributed by atoms with E-state index in [2.05, 4.69) is 15.3 Å². The molecule has 2 aromatic carbocycles. The van der Waals surface area contributed by atoms with Gasteiger partial charge in [0.15, 0.2) is 17.3 Å². The van der Waals surface area contributed by atoms with Crippen LogP contribution in [0.3, 0.4) is 0 Å². The van der Waals surface area contributed by atoms with Crippen molar-refractivity contribution < 1.29 is 18.9 Å². The van der Waals surface area contributed by atoms with Crippen LogP contribution in [0.1, 0.15) is 11.4 Å². The van der Waals surface area contributed by atoms with Crippen molar-refractivity contribution in [3.63, 3.8) is 0 Å². The Balaban J connectivity index is 1.87. The van der Waals surface area contributed by atoms with Gasteiger partial charge in [-0.2, -0.15) is 9.78 Å². The number of nitrogens with zero attached hydrogens (tertiary/aromatic N) is 4. The molecule has 0 saturated heterocycles. The number of aromatic nitrogens is 3. The molecule has 0 fully saturated rings. The molecule has 3 aromatic rings. The highest BCUT2D eigenvalue weighted by atomic mass is 32.2. The fourth-order valence-corrected chi connectivity index (χ4v) is 3.04. The van der Waals surface area contributed by atoms with Gasteiger partial charge in [0.25, 0.3) is 0 Å². The van der Waals surface area contributed by atoms with Gasteiger partial charge in [0.2, 0.25) is 10.9 Å². The maximum Gasteiger partial charge on any atom is 0.211 e. The quantitative estimate of drug-likeness (QED) is 0.392. The van der Waals surface area contributed by atoms with Gasteiger partial charge < -0.3 is 18.9 Å². The third kappa shape index (κ3) is 4.80. The van der Waals surface area contributed by atoms with Gasteiger partial charge in [-0.05, 0) is 30.5 Å². The number of rotatable bonds is 9. The molecule has 0 radical (unpaired) electrons. The zero-order valence-corrected chi connectivity index (χ0v) is 17.5. The van der Waals surface area contributed by atoms with Crippen LogP contribution in [0.5, 0.6) is 23.0 Å². The van der Waals surface area contributed by atoms with Gasteiger partial charge in [-0.1, -0.05) is 30.0 Å². The first-order chi connectivity index (χ1) is 14.2. The molecular formula is C20H22N4O4S. The molecule has 29 heavy (non-hydrogen) atoms. The summed E-state index contributed by atoms with van der Waals surface area (Å²) >= 11 is 1.45. The maximum absolute atomic E-state index is 5.78. The smallest absolute Gasteiger partial charge is 0.211 e. The van der Waals surface area contributed by atoms with E-state index in [-0.39, 0.29) is 6.61 Å². The number of thioether (sulfide) groups is 1. The summed E-state index contributed by atoms with van der Waals surface area (Å²) in [4.78, 5) is 0. The van der Waals surface area contributed by atoms with Crippen LogP contribution >= 0.6 is 11.8 Å². The molecule has 152 valence electrons. The molecular weight excluding hydrogens is 392 g/mol. The van der Waals surface area contributed by atoms with Crippen molar-refractivity contribution in [1.29, 1.82) is 0 Å². The molecule has 0 aliphatic heterocycles. The van der Waals surface area contributed by atoms with E-state index >= 15 is 0 Å². The minimum atomic E-state index is 0.240. The summed E-state index contributed by atoms with van der Waals surface area (Å²) in [6.45, 7) is 0.240. The van der Waals surface area contributed by atoms with Crippen molar-refractivity contribution >= 4 is 18.0 Å². The Morgan fingerprint density at radius 1 is 1.00 bits per heavy atom. The molecule has 0 saturated carbocycles. The van der Waals surface area contributed by atoms with E-state index in [1.807, 2.05) is 48.7 Å². The Labute approximate surface area is 173 Å². The molecule has 0 amide bonds. The molecule has 0 aliphatic rings. The predicted molar refractivity (Wildman–Crippen MR) is 112 cm³/mol. The van der Waals surface area contributed by atoms with Crippen molar-refractivity contribution in [3.05, 3.63) is 53.9 Å². The summed E-state index contributed by atoms with van der Waals surface area (Å²) in [6.07, 6.45) is 3.59.